The Bertz CT molecular complexity index is 1280. The van der Waals surface area contributed by atoms with Gasteiger partial charge in [-0.1, -0.05) is 24.3 Å². The molecular weight excluding hydrogens is 404 g/mol. The zero-order valence-electron chi connectivity index (χ0n) is 18.1. The van der Waals surface area contributed by atoms with Gasteiger partial charge in [0.05, 0.1) is 11.0 Å². The number of carbonyl (C=O) groups excluding carboxylic acids is 2. The van der Waals surface area contributed by atoms with Crippen LogP contribution in [0.15, 0.2) is 73.1 Å². The van der Waals surface area contributed by atoms with Crippen molar-refractivity contribution in [3.8, 4) is 11.4 Å². The van der Waals surface area contributed by atoms with E-state index in [2.05, 4.69) is 15.8 Å². The first-order valence-corrected chi connectivity index (χ1v) is 10.3. The van der Waals surface area contributed by atoms with Gasteiger partial charge in [-0.15, -0.1) is 0 Å². The van der Waals surface area contributed by atoms with E-state index in [4.69, 9.17) is 4.74 Å². The summed E-state index contributed by atoms with van der Waals surface area (Å²) in [6, 6.07) is 20.5. The smallest absolute Gasteiger partial charge is 0.279 e. The highest BCUT2D eigenvalue weighted by atomic mass is 16.5. The van der Waals surface area contributed by atoms with E-state index in [0.717, 1.165) is 27.8 Å². The molecule has 4 rings (SSSR count). The molecule has 0 aliphatic heterocycles. The summed E-state index contributed by atoms with van der Waals surface area (Å²) in [5.74, 6) is -0.221. The van der Waals surface area contributed by atoms with Gasteiger partial charge in [-0.25, -0.2) is 4.98 Å². The van der Waals surface area contributed by atoms with E-state index in [1.165, 1.54) is 0 Å². The summed E-state index contributed by atoms with van der Waals surface area (Å²) in [6.45, 7) is 5.55. The third-order valence-electron chi connectivity index (χ3n) is 5.39. The Labute approximate surface area is 186 Å². The van der Waals surface area contributed by atoms with Crippen LogP contribution in [0.4, 0.5) is 0 Å². The molecule has 7 heteroatoms. The van der Waals surface area contributed by atoms with Crippen molar-refractivity contribution in [1.29, 1.82) is 0 Å². The van der Waals surface area contributed by atoms with Crippen molar-refractivity contribution in [3.63, 3.8) is 0 Å². The maximum atomic E-state index is 12.5. The van der Waals surface area contributed by atoms with E-state index >= 15 is 0 Å². The van der Waals surface area contributed by atoms with Gasteiger partial charge in [0.15, 0.2) is 6.10 Å². The number of ether oxygens (including phenoxy) is 1. The number of benzene rings is 3. The van der Waals surface area contributed by atoms with Crippen molar-refractivity contribution < 1.29 is 14.3 Å². The molecule has 0 bridgehead atoms. The van der Waals surface area contributed by atoms with Crippen LogP contribution in [0.3, 0.4) is 0 Å². The van der Waals surface area contributed by atoms with Crippen LogP contribution in [0.1, 0.15) is 28.4 Å². The highest BCUT2D eigenvalue weighted by Crippen LogP contribution is 2.22. The molecule has 0 saturated carbocycles. The number of nitrogens with zero attached hydrogens (tertiary/aromatic N) is 2. The zero-order chi connectivity index (χ0) is 22.7. The molecule has 0 spiro atoms. The topological polar surface area (TPSA) is 85.3 Å². The Morgan fingerprint density at radius 1 is 0.938 bits per heavy atom. The number of fused-ring (bicyclic) bond motifs is 1. The Kier molecular flexibility index (Phi) is 5.89. The Balaban J connectivity index is 1.36. The lowest BCUT2D eigenvalue weighted by atomic mass is 10.1. The molecule has 32 heavy (non-hydrogen) atoms. The van der Waals surface area contributed by atoms with Gasteiger partial charge in [0, 0.05) is 11.3 Å². The summed E-state index contributed by atoms with van der Waals surface area (Å²) < 4.78 is 7.70. The summed E-state index contributed by atoms with van der Waals surface area (Å²) >= 11 is 0. The first-order chi connectivity index (χ1) is 15.4. The van der Waals surface area contributed by atoms with Crippen LogP contribution in [0, 0.1) is 13.8 Å². The summed E-state index contributed by atoms with van der Waals surface area (Å²) in [4.78, 5) is 29.2. The maximum absolute atomic E-state index is 12.5. The fourth-order valence-corrected chi connectivity index (χ4v) is 3.33. The minimum atomic E-state index is -0.771. The standard InChI is InChI=1S/C25H24N4O3/c1-16-7-6-10-23(17(16)2)32-18(3)24(30)27-28-25(31)19-11-13-20(14-12-19)29-15-26-21-8-4-5-9-22(21)29/h4-15,18H,1-3H3,(H,27,30)(H,28,31). The second-order valence-electron chi connectivity index (χ2n) is 7.55. The lowest BCUT2D eigenvalue weighted by molar-refractivity contribution is -0.128. The fraction of sp³-hybridized carbons (Fsp3) is 0.160. The van der Waals surface area contributed by atoms with E-state index < -0.39 is 17.9 Å². The fourth-order valence-electron chi connectivity index (χ4n) is 3.33. The predicted molar refractivity (Wildman–Crippen MR) is 123 cm³/mol. The van der Waals surface area contributed by atoms with Gasteiger partial charge in [-0.05, 0) is 74.4 Å². The number of nitrogens with one attached hydrogen (secondary N) is 2. The molecule has 0 radical (unpaired) electrons. The molecule has 1 aromatic heterocycles. The lowest BCUT2D eigenvalue weighted by Gasteiger charge is -2.17. The molecule has 162 valence electrons. The van der Waals surface area contributed by atoms with Crippen LogP contribution in [0.5, 0.6) is 5.75 Å². The van der Waals surface area contributed by atoms with Crippen molar-refractivity contribution in [2.75, 3.05) is 0 Å². The van der Waals surface area contributed by atoms with E-state index in [1.807, 2.05) is 73.0 Å². The third-order valence-corrected chi connectivity index (χ3v) is 5.39. The third kappa shape index (κ3) is 4.32. The molecule has 0 fully saturated rings. The second-order valence-corrected chi connectivity index (χ2v) is 7.55. The normalized spacial score (nSPS) is 11.7. The number of hydrazine groups is 1. The predicted octanol–water partition coefficient (Wildman–Crippen LogP) is 3.87. The Hall–Kier alpha value is -4.13. The monoisotopic (exact) mass is 428 g/mol. The van der Waals surface area contributed by atoms with Gasteiger partial charge < -0.3 is 4.74 Å². The van der Waals surface area contributed by atoms with Crippen molar-refractivity contribution in [3.05, 3.63) is 89.7 Å². The molecule has 1 heterocycles. The number of para-hydroxylation sites is 2. The average molecular weight is 428 g/mol. The SMILES string of the molecule is Cc1cccc(OC(C)C(=O)NNC(=O)c2ccc(-n3cnc4ccccc43)cc2)c1C. The maximum Gasteiger partial charge on any atom is 0.279 e. The summed E-state index contributed by atoms with van der Waals surface area (Å²) in [5.41, 5.74) is 10.1. The number of hydrogen-bond donors (Lipinski definition) is 2. The van der Waals surface area contributed by atoms with E-state index in [0.29, 0.717) is 11.3 Å². The van der Waals surface area contributed by atoms with Crippen LogP contribution in [-0.2, 0) is 4.79 Å². The summed E-state index contributed by atoms with van der Waals surface area (Å²) in [5, 5.41) is 0. The lowest BCUT2D eigenvalue weighted by Crippen LogP contribution is -2.47. The van der Waals surface area contributed by atoms with Gasteiger partial charge in [-0.3, -0.25) is 25.0 Å². The van der Waals surface area contributed by atoms with Crippen LogP contribution in [-0.4, -0.2) is 27.5 Å². The molecule has 2 N–H and O–H groups in total. The number of imidazole rings is 1. The zero-order valence-corrected chi connectivity index (χ0v) is 18.1. The number of amides is 2. The Morgan fingerprint density at radius 3 is 2.47 bits per heavy atom. The largest absolute Gasteiger partial charge is 0.481 e. The highest BCUT2D eigenvalue weighted by Gasteiger charge is 2.17. The van der Waals surface area contributed by atoms with Gasteiger partial charge in [0.1, 0.15) is 12.1 Å². The molecule has 2 amide bonds. The van der Waals surface area contributed by atoms with Crippen LogP contribution >= 0.6 is 0 Å². The van der Waals surface area contributed by atoms with Crippen molar-refractivity contribution in [2.24, 2.45) is 0 Å². The second kappa shape index (κ2) is 8.93. The molecule has 3 aromatic carbocycles. The molecule has 1 unspecified atom stereocenters. The minimum Gasteiger partial charge on any atom is -0.481 e. The van der Waals surface area contributed by atoms with Crippen molar-refractivity contribution >= 4 is 22.8 Å². The van der Waals surface area contributed by atoms with Crippen molar-refractivity contribution in [1.82, 2.24) is 20.4 Å². The van der Waals surface area contributed by atoms with Gasteiger partial charge >= 0.3 is 0 Å². The van der Waals surface area contributed by atoms with E-state index in [9.17, 15) is 9.59 Å². The number of aromatic nitrogens is 2. The molecule has 0 saturated heterocycles. The van der Waals surface area contributed by atoms with Crippen LogP contribution in [0.2, 0.25) is 0 Å². The summed E-state index contributed by atoms with van der Waals surface area (Å²) in [6.07, 6.45) is 0.977. The molecule has 7 nitrogen and oxygen atoms in total. The van der Waals surface area contributed by atoms with E-state index in [-0.39, 0.29) is 0 Å². The average Bonchev–Trinajstić information content (AvgIpc) is 3.24. The van der Waals surface area contributed by atoms with Gasteiger partial charge in [-0.2, -0.15) is 0 Å². The molecule has 1 atom stereocenters. The molecular formula is C25H24N4O3. The van der Waals surface area contributed by atoms with E-state index in [1.54, 1.807) is 25.4 Å². The van der Waals surface area contributed by atoms with Gasteiger partial charge in [0.25, 0.3) is 11.8 Å². The number of rotatable bonds is 5. The highest BCUT2D eigenvalue weighted by molar-refractivity contribution is 5.96. The molecule has 4 aromatic rings. The summed E-state index contributed by atoms with van der Waals surface area (Å²) in [7, 11) is 0. The van der Waals surface area contributed by atoms with Crippen molar-refractivity contribution in [2.45, 2.75) is 26.9 Å². The first-order valence-electron chi connectivity index (χ1n) is 10.3. The molecule has 0 aliphatic rings. The van der Waals surface area contributed by atoms with Crippen LogP contribution in [0.25, 0.3) is 16.7 Å². The first kappa shape index (κ1) is 21.1. The quantitative estimate of drug-likeness (QED) is 0.473. The number of carbonyl (C=O) groups is 2. The van der Waals surface area contributed by atoms with Crippen LogP contribution < -0.4 is 15.6 Å². The molecule has 0 aliphatic carbocycles. The van der Waals surface area contributed by atoms with Gasteiger partial charge in [0.2, 0.25) is 0 Å². The Morgan fingerprint density at radius 2 is 1.69 bits per heavy atom. The number of aryl methyl sites for hydroxylation is 1. The minimum absolute atomic E-state index is 0.417. The number of hydrogen-bond acceptors (Lipinski definition) is 4.